The number of amides is 1. The topological polar surface area (TPSA) is 47.6 Å². The molecule has 136 valence electrons. The molecule has 0 bridgehead atoms. The maximum atomic E-state index is 12.1. The summed E-state index contributed by atoms with van der Waals surface area (Å²) in [4.78, 5) is 12.1. The number of carbonyl (C=O) groups is 1. The van der Waals surface area contributed by atoms with E-state index in [0.717, 1.165) is 0 Å². The molecule has 0 aromatic carbocycles. The summed E-state index contributed by atoms with van der Waals surface area (Å²) >= 11 is 0. The van der Waals surface area contributed by atoms with Gasteiger partial charge in [0, 0.05) is 0 Å². The largest absolute Gasteiger partial charge is 0.413 e. The van der Waals surface area contributed by atoms with Crippen molar-refractivity contribution in [2.75, 3.05) is 0 Å². The van der Waals surface area contributed by atoms with Gasteiger partial charge in [0.1, 0.15) is 12.1 Å². The van der Waals surface area contributed by atoms with Crippen LogP contribution < -0.4 is 5.32 Å². The van der Waals surface area contributed by atoms with E-state index in [2.05, 4.69) is 73.0 Å². The minimum atomic E-state index is -1.91. The van der Waals surface area contributed by atoms with E-state index in [1.54, 1.807) is 0 Å². The van der Waals surface area contributed by atoms with Gasteiger partial charge in [0.2, 0.25) is 5.91 Å². The maximum absolute atomic E-state index is 12.1. The van der Waals surface area contributed by atoms with Gasteiger partial charge in [-0.3, -0.25) is 4.79 Å². The van der Waals surface area contributed by atoms with Crippen LogP contribution in [0.1, 0.15) is 48.5 Å². The van der Waals surface area contributed by atoms with Gasteiger partial charge in [-0.2, -0.15) is 0 Å². The van der Waals surface area contributed by atoms with Crippen molar-refractivity contribution < 1.29 is 13.6 Å². The highest BCUT2D eigenvalue weighted by atomic mass is 28.4. The van der Waals surface area contributed by atoms with Crippen LogP contribution in [0.15, 0.2) is 0 Å². The summed E-state index contributed by atoms with van der Waals surface area (Å²) in [5.41, 5.74) is 0. The van der Waals surface area contributed by atoms with E-state index >= 15 is 0 Å². The number of nitrogens with one attached hydrogen (secondary N) is 1. The Labute approximate surface area is 145 Å². The predicted molar refractivity (Wildman–Crippen MR) is 101 cm³/mol. The molecule has 3 atom stereocenters. The summed E-state index contributed by atoms with van der Waals surface area (Å²) in [5.74, 6) is -0.141. The van der Waals surface area contributed by atoms with Crippen molar-refractivity contribution in [3.05, 3.63) is 0 Å². The quantitative estimate of drug-likeness (QED) is 0.581. The summed E-state index contributed by atoms with van der Waals surface area (Å²) in [6, 6.07) is 0. The van der Waals surface area contributed by atoms with Gasteiger partial charge in [0.15, 0.2) is 16.6 Å². The molecule has 1 saturated heterocycles. The molecule has 4 nitrogen and oxygen atoms in total. The van der Waals surface area contributed by atoms with E-state index in [4.69, 9.17) is 8.85 Å². The van der Waals surface area contributed by atoms with Crippen molar-refractivity contribution in [2.45, 2.75) is 97.1 Å². The predicted octanol–water partition coefficient (Wildman–Crippen LogP) is 4.49. The lowest BCUT2D eigenvalue weighted by molar-refractivity contribution is -0.152. The fraction of sp³-hybridized carbons (Fsp3) is 0.941. The second-order valence-electron chi connectivity index (χ2n) is 9.92. The standard InChI is InChI=1S/C17H37NO3Si2/c1-12(20-22(8,9)16(2,3)4)13-14(19)18-15(13)21-23(10,11)17(5,6)7/h12-13,15H,1-11H3,(H,18,19)/t12?,13-,15+/m0/s1. The monoisotopic (exact) mass is 359 g/mol. The lowest BCUT2D eigenvalue weighted by Gasteiger charge is -2.48. The molecule has 1 N–H and O–H groups in total. The SMILES string of the molecule is CC(O[Si](C)(C)C(C)(C)C)[C@H]1C(=O)N[C@@H]1O[Si](C)(C)C(C)(C)C. The summed E-state index contributed by atoms with van der Waals surface area (Å²) < 4.78 is 12.8. The molecule has 1 fully saturated rings. The Morgan fingerprint density at radius 3 is 1.74 bits per heavy atom. The molecule has 1 rings (SSSR count). The van der Waals surface area contributed by atoms with Crippen molar-refractivity contribution in [3.8, 4) is 0 Å². The molecule has 6 heteroatoms. The highest BCUT2D eigenvalue weighted by molar-refractivity contribution is 6.74. The number of rotatable bonds is 5. The van der Waals surface area contributed by atoms with Crippen LogP contribution in [0.2, 0.25) is 36.3 Å². The molecule has 0 aromatic heterocycles. The summed E-state index contributed by atoms with van der Waals surface area (Å²) in [7, 11) is -3.80. The minimum absolute atomic E-state index is 0.0555. The molecule has 1 aliphatic heterocycles. The van der Waals surface area contributed by atoms with Crippen LogP contribution in [0.3, 0.4) is 0 Å². The zero-order chi connectivity index (χ0) is 18.4. The molecule has 23 heavy (non-hydrogen) atoms. The van der Waals surface area contributed by atoms with Gasteiger partial charge in [-0.15, -0.1) is 0 Å². The fourth-order valence-corrected chi connectivity index (χ4v) is 4.76. The van der Waals surface area contributed by atoms with E-state index in [9.17, 15) is 4.79 Å². The van der Waals surface area contributed by atoms with Crippen LogP contribution in [-0.2, 0) is 13.6 Å². The minimum Gasteiger partial charge on any atom is -0.413 e. The third-order valence-electron chi connectivity index (χ3n) is 5.93. The Morgan fingerprint density at radius 1 is 0.957 bits per heavy atom. The summed E-state index contributed by atoms with van der Waals surface area (Å²) in [6.45, 7) is 24.2. The fourth-order valence-electron chi connectivity index (χ4n) is 2.14. The Morgan fingerprint density at radius 2 is 1.39 bits per heavy atom. The first-order valence-electron chi connectivity index (χ1n) is 8.66. The first-order valence-corrected chi connectivity index (χ1v) is 14.5. The van der Waals surface area contributed by atoms with Crippen LogP contribution in [0.25, 0.3) is 0 Å². The van der Waals surface area contributed by atoms with E-state index < -0.39 is 16.6 Å². The van der Waals surface area contributed by atoms with Crippen molar-refractivity contribution in [2.24, 2.45) is 5.92 Å². The molecule has 0 spiro atoms. The van der Waals surface area contributed by atoms with Crippen molar-refractivity contribution in [1.82, 2.24) is 5.32 Å². The normalized spacial score (nSPS) is 24.9. The Kier molecular flexibility index (Phi) is 5.70. The van der Waals surface area contributed by atoms with Crippen LogP contribution >= 0.6 is 0 Å². The van der Waals surface area contributed by atoms with Gasteiger partial charge < -0.3 is 14.2 Å². The van der Waals surface area contributed by atoms with Crippen molar-refractivity contribution in [3.63, 3.8) is 0 Å². The first kappa shape index (κ1) is 20.9. The molecule has 1 heterocycles. The molecule has 0 aromatic rings. The molecule has 0 radical (unpaired) electrons. The Bertz CT molecular complexity index is 420. The second-order valence-corrected chi connectivity index (χ2v) is 19.4. The number of carbonyl (C=O) groups excluding carboxylic acids is 1. The van der Waals surface area contributed by atoms with Crippen LogP contribution in [0.4, 0.5) is 0 Å². The van der Waals surface area contributed by atoms with Crippen molar-refractivity contribution in [1.29, 1.82) is 0 Å². The van der Waals surface area contributed by atoms with Crippen LogP contribution in [0.5, 0.6) is 0 Å². The zero-order valence-corrected chi connectivity index (χ0v) is 19.0. The molecule has 1 aliphatic rings. The van der Waals surface area contributed by atoms with Gasteiger partial charge in [0.05, 0.1) is 6.10 Å². The zero-order valence-electron chi connectivity index (χ0n) is 17.0. The number of hydrogen-bond donors (Lipinski definition) is 1. The third-order valence-corrected chi connectivity index (χ3v) is 15.0. The smallest absolute Gasteiger partial charge is 0.232 e. The van der Waals surface area contributed by atoms with E-state index in [-0.39, 0.29) is 34.2 Å². The third kappa shape index (κ3) is 4.47. The van der Waals surface area contributed by atoms with Gasteiger partial charge in [0.25, 0.3) is 0 Å². The maximum Gasteiger partial charge on any atom is 0.232 e. The summed E-state index contributed by atoms with van der Waals surface area (Å²) in [5, 5.41) is 3.20. The molecule has 0 saturated carbocycles. The highest BCUT2D eigenvalue weighted by Gasteiger charge is 2.51. The van der Waals surface area contributed by atoms with Crippen LogP contribution in [0, 0.1) is 5.92 Å². The molecular weight excluding hydrogens is 322 g/mol. The summed E-state index contributed by atoms with van der Waals surface area (Å²) in [6.07, 6.45) is -0.317. The average molecular weight is 360 g/mol. The van der Waals surface area contributed by atoms with E-state index in [1.807, 2.05) is 6.92 Å². The van der Waals surface area contributed by atoms with Crippen LogP contribution in [-0.4, -0.2) is 34.9 Å². The first-order chi connectivity index (χ1) is 9.99. The van der Waals surface area contributed by atoms with Gasteiger partial charge >= 0.3 is 0 Å². The Balaban J connectivity index is 2.81. The molecular formula is C17H37NO3Si2. The highest BCUT2D eigenvalue weighted by Crippen LogP contribution is 2.41. The van der Waals surface area contributed by atoms with E-state index in [0.29, 0.717) is 0 Å². The lowest BCUT2D eigenvalue weighted by Crippen LogP contribution is -2.67. The average Bonchev–Trinajstić information content (AvgIpc) is 2.22. The number of β-lactam (4-membered cyclic amide) rings is 1. The van der Waals surface area contributed by atoms with Gasteiger partial charge in [-0.05, 0) is 43.2 Å². The van der Waals surface area contributed by atoms with Gasteiger partial charge in [-0.25, -0.2) is 0 Å². The van der Waals surface area contributed by atoms with Crippen molar-refractivity contribution >= 4 is 22.5 Å². The molecule has 1 unspecified atom stereocenters. The van der Waals surface area contributed by atoms with Gasteiger partial charge in [-0.1, -0.05) is 41.5 Å². The second kappa shape index (κ2) is 6.28. The number of hydrogen-bond acceptors (Lipinski definition) is 3. The lowest BCUT2D eigenvalue weighted by atomic mass is 9.94. The molecule has 1 amide bonds. The Hall–Kier alpha value is -0.176. The van der Waals surface area contributed by atoms with E-state index in [1.165, 1.54) is 0 Å². The molecule has 0 aliphatic carbocycles.